The van der Waals surface area contributed by atoms with Gasteiger partial charge in [-0.25, -0.2) is 0 Å². The predicted molar refractivity (Wildman–Crippen MR) is 175 cm³/mol. The van der Waals surface area contributed by atoms with Crippen LogP contribution >= 0.6 is 0 Å². The molecule has 0 heterocycles. The monoisotopic (exact) mass is 564 g/mol. The maximum atomic E-state index is 12.5. The lowest BCUT2D eigenvalue weighted by atomic mass is 10.0. The molecule has 0 aliphatic heterocycles. The van der Waals surface area contributed by atoms with Gasteiger partial charge in [-0.2, -0.15) is 0 Å². The minimum Gasteiger partial charge on any atom is -0.326 e. The van der Waals surface area contributed by atoms with Crippen LogP contribution in [0.25, 0.3) is 0 Å². The molecule has 6 heteroatoms. The van der Waals surface area contributed by atoms with Crippen LogP contribution in [0.15, 0.2) is 48.5 Å². The highest BCUT2D eigenvalue weighted by Crippen LogP contribution is 2.18. The molecule has 2 aromatic rings. The van der Waals surface area contributed by atoms with Gasteiger partial charge < -0.3 is 20.4 Å². The third-order valence-electron chi connectivity index (χ3n) is 7.50. The van der Waals surface area contributed by atoms with E-state index >= 15 is 0 Å². The lowest BCUT2D eigenvalue weighted by Gasteiger charge is -2.16. The molecule has 0 radical (unpaired) electrons. The van der Waals surface area contributed by atoms with Gasteiger partial charge in [-0.05, 0) is 108 Å². The Balaban J connectivity index is 1.73. The molecule has 0 fully saturated rings. The Morgan fingerprint density at radius 3 is 1.41 bits per heavy atom. The van der Waals surface area contributed by atoms with Crippen LogP contribution in [-0.2, 0) is 16.0 Å². The second-order valence-electron chi connectivity index (χ2n) is 11.6. The molecule has 0 saturated carbocycles. The summed E-state index contributed by atoms with van der Waals surface area (Å²) in [4.78, 5) is 29.7. The van der Waals surface area contributed by atoms with Crippen molar-refractivity contribution in [3.63, 3.8) is 0 Å². The van der Waals surface area contributed by atoms with Crippen LogP contribution in [0.2, 0.25) is 0 Å². The molecule has 41 heavy (non-hydrogen) atoms. The van der Waals surface area contributed by atoms with Gasteiger partial charge in [0.2, 0.25) is 11.8 Å². The van der Waals surface area contributed by atoms with E-state index in [0.29, 0.717) is 12.8 Å². The van der Waals surface area contributed by atoms with Crippen LogP contribution in [-0.4, -0.2) is 61.9 Å². The number of benzene rings is 2. The van der Waals surface area contributed by atoms with Crippen LogP contribution in [0.1, 0.15) is 102 Å². The van der Waals surface area contributed by atoms with E-state index in [-0.39, 0.29) is 11.8 Å². The molecule has 2 N–H and O–H groups in total. The average molecular weight is 565 g/mol. The first kappa shape index (κ1) is 34.5. The summed E-state index contributed by atoms with van der Waals surface area (Å²) in [6, 6.07) is 16.1. The molecule has 0 aromatic heterocycles. The fourth-order valence-corrected chi connectivity index (χ4v) is 5.06. The Morgan fingerprint density at radius 1 is 0.585 bits per heavy atom. The Kier molecular flexibility index (Phi) is 17.7. The number of amides is 2. The van der Waals surface area contributed by atoms with Gasteiger partial charge >= 0.3 is 0 Å². The highest BCUT2D eigenvalue weighted by Gasteiger charge is 2.08. The van der Waals surface area contributed by atoms with Gasteiger partial charge in [0.05, 0.1) is 0 Å². The van der Waals surface area contributed by atoms with Crippen LogP contribution in [0.4, 0.5) is 11.4 Å². The van der Waals surface area contributed by atoms with E-state index in [0.717, 1.165) is 67.9 Å². The fraction of sp³-hybridized carbons (Fsp3) is 0.600. The first-order chi connectivity index (χ1) is 19.9. The molecule has 0 aliphatic rings. The smallest absolute Gasteiger partial charge is 0.224 e. The van der Waals surface area contributed by atoms with Crippen molar-refractivity contribution in [1.82, 2.24) is 9.80 Å². The summed E-state index contributed by atoms with van der Waals surface area (Å²) in [7, 11) is 4.29. The molecule has 0 spiro atoms. The number of hydrogen-bond acceptors (Lipinski definition) is 4. The Bertz CT molecular complexity index is 930. The quantitative estimate of drug-likeness (QED) is 0.144. The molecule has 0 saturated heterocycles. The standard InChI is InChI=1S/C35H56N4O2/c1-5-7-9-11-23-38(3)25-15-21-34(40)36-32-19-13-17-30(28-32)27-31-18-14-20-33(29-31)37-35(41)22-16-26-39(4)24-12-10-8-6-2/h13-14,17-20,28-29H,5-12,15-16,21-27H2,1-4H3,(H,36,40)(H,37,41). The van der Waals surface area contributed by atoms with Gasteiger partial charge in [-0.1, -0.05) is 76.6 Å². The number of unbranched alkanes of at least 4 members (excludes halogenated alkanes) is 6. The summed E-state index contributed by atoms with van der Waals surface area (Å²) >= 11 is 0. The third-order valence-corrected chi connectivity index (χ3v) is 7.50. The molecule has 2 aromatic carbocycles. The zero-order valence-electron chi connectivity index (χ0n) is 26.4. The van der Waals surface area contributed by atoms with Crippen LogP contribution in [0.5, 0.6) is 0 Å². The van der Waals surface area contributed by atoms with Crippen LogP contribution in [0.3, 0.4) is 0 Å². The van der Waals surface area contributed by atoms with E-state index < -0.39 is 0 Å². The number of rotatable bonds is 22. The molecule has 228 valence electrons. The number of nitrogens with zero attached hydrogens (tertiary/aromatic N) is 2. The number of hydrogen-bond donors (Lipinski definition) is 2. The highest BCUT2D eigenvalue weighted by molar-refractivity contribution is 5.91. The SMILES string of the molecule is CCCCCCN(C)CCCC(=O)Nc1cccc(Cc2cccc(NC(=O)CCCN(C)CCCCCC)c2)c1. The molecule has 0 atom stereocenters. The maximum absolute atomic E-state index is 12.5. The van der Waals surface area contributed by atoms with Crippen molar-refractivity contribution < 1.29 is 9.59 Å². The summed E-state index contributed by atoms with van der Waals surface area (Å²) in [5, 5.41) is 6.13. The average Bonchev–Trinajstić information content (AvgIpc) is 2.94. The van der Waals surface area contributed by atoms with E-state index in [1.54, 1.807) is 0 Å². The molecule has 0 unspecified atom stereocenters. The molecular weight excluding hydrogens is 508 g/mol. The van der Waals surface area contributed by atoms with Gasteiger partial charge in [-0.15, -0.1) is 0 Å². The van der Waals surface area contributed by atoms with Crippen molar-refractivity contribution in [2.24, 2.45) is 0 Å². The second-order valence-corrected chi connectivity index (χ2v) is 11.6. The van der Waals surface area contributed by atoms with Crippen molar-refractivity contribution in [2.45, 2.75) is 97.3 Å². The van der Waals surface area contributed by atoms with Gasteiger partial charge in [0.1, 0.15) is 0 Å². The van der Waals surface area contributed by atoms with Crippen molar-refractivity contribution in [3.8, 4) is 0 Å². The van der Waals surface area contributed by atoms with E-state index in [9.17, 15) is 9.59 Å². The number of carbonyl (C=O) groups is 2. The zero-order valence-corrected chi connectivity index (χ0v) is 26.4. The number of nitrogens with one attached hydrogen (secondary N) is 2. The number of carbonyl (C=O) groups excluding carboxylic acids is 2. The van der Waals surface area contributed by atoms with Gasteiger partial charge in [0.15, 0.2) is 0 Å². The maximum Gasteiger partial charge on any atom is 0.224 e. The van der Waals surface area contributed by atoms with Crippen molar-refractivity contribution >= 4 is 23.2 Å². The summed E-state index contributed by atoms with van der Waals surface area (Å²) in [6.07, 6.45) is 13.7. The summed E-state index contributed by atoms with van der Waals surface area (Å²) < 4.78 is 0. The molecule has 0 aliphatic carbocycles. The zero-order chi connectivity index (χ0) is 29.7. The summed E-state index contributed by atoms with van der Waals surface area (Å²) in [6.45, 7) is 8.56. The Labute approximate surface area is 250 Å². The summed E-state index contributed by atoms with van der Waals surface area (Å²) in [5.74, 6) is 0.128. The first-order valence-electron chi connectivity index (χ1n) is 16.0. The van der Waals surface area contributed by atoms with Gasteiger partial charge in [0.25, 0.3) is 0 Å². The van der Waals surface area contributed by atoms with Gasteiger partial charge in [0, 0.05) is 24.2 Å². The lowest BCUT2D eigenvalue weighted by molar-refractivity contribution is -0.117. The highest BCUT2D eigenvalue weighted by atomic mass is 16.2. The minimum absolute atomic E-state index is 0.0638. The largest absolute Gasteiger partial charge is 0.326 e. The first-order valence-corrected chi connectivity index (χ1v) is 16.0. The molecule has 2 rings (SSSR count). The molecule has 2 amide bonds. The lowest BCUT2D eigenvalue weighted by Crippen LogP contribution is -2.22. The van der Waals surface area contributed by atoms with Crippen molar-refractivity contribution in [1.29, 1.82) is 0 Å². The molecular formula is C35H56N4O2. The van der Waals surface area contributed by atoms with E-state index in [2.05, 4.69) is 60.5 Å². The fourth-order valence-electron chi connectivity index (χ4n) is 5.06. The predicted octanol–water partition coefficient (Wildman–Crippen LogP) is 7.74. The van der Waals surface area contributed by atoms with Crippen LogP contribution < -0.4 is 10.6 Å². The van der Waals surface area contributed by atoms with Crippen molar-refractivity contribution in [3.05, 3.63) is 59.7 Å². The minimum atomic E-state index is 0.0638. The number of anilines is 2. The Hall–Kier alpha value is -2.70. The molecule has 6 nitrogen and oxygen atoms in total. The second kappa shape index (κ2) is 21.1. The van der Waals surface area contributed by atoms with Gasteiger partial charge in [-0.3, -0.25) is 9.59 Å². The van der Waals surface area contributed by atoms with E-state index in [1.807, 2.05) is 36.4 Å². The summed E-state index contributed by atoms with van der Waals surface area (Å²) in [5.41, 5.74) is 3.92. The van der Waals surface area contributed by atoms with Crippen molar-refractivity contribution in [2.75, 3.05) is 50.9 Å². The van der Waals surface area contributed by atoms with E-state index in [1.165, 1.54) is 51.4 Å². The third kappa shape index (κ3) is 16.4. The topological polar surface area (TPSA) is 64.7 Å². The van der Waals surface area contributed by atoms with E-state index in [4.69, 9.17) is 0 Å². The Morgan fingerprint density at radius 2 is 1.00 bits per heavy atom. The molecule has 0 bridgehead atoms. The normalized spacial score (nSPS) is 11.3. The van der Waals surface area contributed by atoms with Crippen LogP contribution in [0, 0.1) is 0 Å².